The molecule has 0 bridgehead atoms. The molecule has 220 valence electrons. The average Bonchev–Trinajstić information content (AvgIpc) is 2.87. The molecule has 0 amide bonds. The number of ether oxygens (including phenoxy) is 1. The van der Waals surface area contributed by atoms with Crippen LogP contribution in [0.4, 0.5) is 8.78 Å². The standard InChI is InChI=1S/C25H31ClF2N4O6S2/c1-38-25(33)18-3-4-19(23(28)12-18)13-31(39(34)35)16-24(17-5-6-22(27)21(26)11-17)30-9-7-29(8-10-30)20-14-32(15-20)40(2,36)37/h3-6,11-12,20,24H,7-10,13-16H2,1-2H3,(H,34,35). The van der Waals surface area contributed by atoms with Gasteiger partial charge in [0.2, 0.25) is 21.3 Å². The number of piperazine rings is 1. The third-order valence-electron chi connectivity index (χ3n) is 7.35. The summed E-state index contributed by atoms with van der Waals surface area (Å²) in [5.74, 6) is -2.02. The molecule has 0 saturated carbocycles. The van der Waals surface area contributed by atoms with E-state index in [-0.39, 0.29) is 35.3 Å². The maximum atomic E-state index is 14.8. The Bertz CT molecular complexity index is 1370. The number of carbonyl (C=O) groups is 1. The number of esters is 1. The first kappa shape index (κ1) is 30.9. The van der Waals surface area contributed by atoms with Crippen molar-refractivity contribution in [2.45, 2.75) is 18.6 Å². The molecule has 0 aromatic heterocycles. The van der Waals surface area contributed by atoms with Crippen molar-refractivity contribution < 1.29 is 35.5 Å². The van der Waals surface area contributed by atoms with Crippen LogP contribution >= 0.6 is 11.6 Å². The second-order valence-corrected chi connectivity index (χ2v) is 13.2. The quantitative estimate of drug-likeness (QED) is 0.318. The van der Waals surface area contributed by atoms with E-state index in [9.17, 15) is 30.8 Å². The average molecular weight is 621 g/mol. The predicted octanol–water partition coefficient (Wildman–Crippen LogP) is 2.35. The second kappa shape index (κ2) is 12.9. The molecule has 1 N–H and O–H groups in total. The lowest BCUT2D eigenvalue weighted by atomic mass is 10.0. The summed E-state index contributed by atoms with van der Waals surface area (Å²) in [7, 11) is -2.04. The molecule has 2 aliphatic rings. The zero-order chi connectivity index (χ0) is 29.2. The summed E-state index contributed by atoms with van der Waals surface area (Å²) in [5.41, 5.74) is 0.753. The van der Waals surface area contributed by atoms with E-state index in [0.29, 0.717) is 44.8 Å². The summed E-state index contributed by atoms with van der Waals surface area (Å²) in [6.07, 6.45) is 1.19. The molecule has 2 heterocycles. The highest BCUT2D eigenvalue weighted by Gasteiger charge is 2.39. The monoisotopic (exact) mass is 620 g/mol. The van der Waals surface area contributed by atoms with Gasteiger partial charge in [0.25, 0.3) is 0 Å². The van der Waals surface area contributed by atoms with Crippen LogP contribution in [-0.2, 0) is 32.6 Å². The molecule has 2 aliphatic heterocycles. The van der Waals surface area contributed by atoms with Gasteiger partial charge in [-0.2, -0.15) is 8.61 Å². The Morgan fingerprint density at radius 1 is 1.15 bits per heavy atom. The fourth-order valence-corrected chi connectivity index (χ4v) is 6.56. The zero-order valence-corrected chi connectivity index (χ0v) is 24.4. The van der Waals surface area contributed by atoms with Crippen LogP contribution in [0, 0.1) is 11.6 Å². The number of rotatable bonds is 10. The summed E-state index contributed by atoms with van der Waals surface area (Å²) in [6, 6.07) is 7.68. The SMILES string of the molecule is COC(=O)c1ccc(CN(CC(c2ccc(F)c(Cl)c2)N2CCN(C3CN(S(C)(=O)=O)C3)CC2)S(=O)O)c(F)c1. The Morgan fingerprint density at radius 3 is 2.38 bits per heavy atom. The van der Waals surface area contributed by atoms with Gasteiger partial charge in [-0.15, -0.1) is 0 Å². The number of benzene rings is 2. The third-order valence-corrected chi connectivity index (χ3v) is 9.60. The summed E-state index contributed by atoms with van der Waals surface area (Å²) < 4.78 is 82.0. The van der Waals surface area contributed by atoms with Gasteiger partial charge < -0.3 is 4.74 Å². The van der Waals surface area contributed by atoms with Crippen molar-refractivity contribution in [2.24, 2.45) is 0 Å². The minimum Gasteiger partial charge on any atom is -0.465 e. The molecule has 2 fully saturated rings. The van der Waals surface area contributed by atoms with Crippen LogP contribution in [0.3, 0.4) is 0 Å². The Labute approximate surface area is 239 Å². The zero-order valence-electron chi connectivity index (χ0n) is 22.0. The second-order valence-electron chi connectivity index (χ2n) is 9.85. The molecular weight excluding hydrogens is 590 g/mol. The van der Waals surface area contributed by atoms with Crippen LogP contribution in [0.2, 0.25) is 5.02 Å². The van der Waals surface area contributed by atoms with Gasteiger partial charge in [0.1, 0.15) is 11.6 Å². The predicted molar refractivity (Wildman–Crippen MR) is 146 cm³/mol. The minimum atomic E-state index is -3.22. The lowest BCUT2D eigenvalue weighted by molar-refractivity contribution is 0.0231. The van der Waals surface area contributed by atoms with E-state index in [1.807, 2.05) is 0 Å². The molecular formula is C25H31ClF2N4O6S2. The van der Waals surface area contributed by atoms with Gasteiger partial charge in [-0.25, -0.2) is 26.2 Å². The van der Waals surface area contributed by atoms with Crippen LogP contribution in [0.5, 0.6) is 0 Å². The minimum absolute atomic E-state index is 0.00541. The fraction of sp³-hybridized carbons (Fsp3) is 0.480. The van der Waals surface area contributed by atoms with E-state index in [4.69, 9.17) is 11.6 Å². The first-order valence-electron chi connectivity index (χ1n) is 12.5. The van der Waals surface area contributed by atoms with Crippen LogP contribution < -0.4 is 0 Å². The largest absolute Gasteiger partial charge is 0.465 e. The maximum absolute atomic E-state index is 14.8. The van der Waals surface area contributed by atoms with Gasteiger partial charge >= 0.3 is 5.97 Å². The summed E-state index contributed by atoms with van der Waals surface area (Å²) in [5, 5.41) is -0.0856. The molecule has 2 aromatic carbocycles. The highest BCUT2D eigenvalue weighted by atomic mass is 35.5. The molecule has 2 unspecified atom stereocenters. The summed E-state index contributed by atoms with van der Waals surface area (Å²) in [4.78, 5) is 16.0. The van der Waals surface area contributed by atoms with E-state index in [2.05, 4.69) is 14.5 Å². The first-order valence-corrected chi connectivity index (χ1v) is 15.8. The topological polar surface area (TPSA) is 111 Å². The molecule has 15 heteroatoms. The van der Waals surface area contributed by atoms with E-state index in [1.165, 1.54) is 46.2 Å². The van der Waals surface area contributed by atoms with Crippen LogP contribution in [-0.4, -0.2) is 107 Å². The summed E-state index contributed by atoms with van der Waals surface area (Å²) >= 11 is 3.59. The van der Waals surface area contributed by atoms with Gasteiger partial charge in [0.15, 0.2) is 0 Å². The Balaban J connectivity index is 1.51. The van der Waals surface area contributed by atoms with Crippen molar-refractivity contribution in [3.8, 4) is 0 Å². The van der Waals surface area contributed by atoms with Gasteiger partial charge in [0.05, 0.1) is 24.0 Å². The number of hydrogen-bond acceptors (Lipinski definition) is 7. The van der Waals surface area contributed by atoms with Crippen molar-refractivity contribution in [2.75, 3.05) is 59.2 Å². The lowest BCUT2D eigenvalue weighted by Gasteiger charge is -2.48. The first-order chi connectivity index (χ1) is 18.9. The third kappa shape index (κ3) is 7.23. The van der Waals surface area contributed by atoms with Crippen molar-refractivity contribution in [1.82, 2.24) is 18.4 Å². The molecule has 2 saturated heterocycles. The normalized spacial score (nSPS) is 19.4. The Kier molecular flexibility index (Phi) is 9.94. The maximum Gasteiger partial charge on any atom is 0.337 e. The number of hydrogen-bond donors (Lipinski definition) is 1. The van der Waals surface area contributed by atoms with Gasteiger partial charge in [-0.05, 0) is 29.8 Å². The molecule has 0 spiro atoms. The number of sulfonamides is 1. The molecule has 2 atom stereocenters. The molecule has 0 radical (unpaired) electrons. The molecule has 4 rings (SSSR count). The fourth-order valence-electron chi connectivity index (χ4n) is 4.97. The van der Waals surface area contributed by atoms with Gasteiger partial charge in [-0.3, -0.25) is 14.4 Å². The highest BCUT2D eigenvalue weighted by molar-refractivity contribution is 7.88. The molecule has 0 aliphatic carbocycles. The Morgan fingerprint density at radius 2 is 1.82 bits per heavy atom. The van der Waals surface area contributed by atoms with Crippen molar-refractivity contribution in [1.29, 1.82) is 0 Å². The smallest absolute Gasteiger partial charge is 0.337 e. The van der Waals surface area contributed by atoms with Gasteiger partial charge in [0, 0.05) is 70.0 Å². The number of carbonyl (C=O) groups excluding carboxylic acids is 1. The van der Waals surface area contributed by atoms with Crippen molar-refractivity contribution in [3.63, 3.8) is 0 Å². The highest BCUT2D eigenvalue weighted by Crippen LogP contribution is 2.29. The lowest BCUT2D eigenvalue weighted by Crippen LogP contribution is -2.64. The number of halogens is 3. The van der Waals surface area contributed by atoms with Gasteiger partial charge in [-0.1, -0.05) is 23.7 Å². The van der Waals surface area contributed by atoms with E-state index < -0.39 is 44.9 Å². The molecule has 2 aromatic rings. The van der Waals surface area contributed by atoms with Crippen LogP contribution in [0.15, 0.2) is 36.4 Å². The Hall–Kier alpha value is -2.04. The number of methoxy groups -OCH3 is 1. The number of nitrogens with zero attached hydrogens (tertiary/aromatic N) is 4. The van der Waals surface area contributed by atoms with Crippen molar-refractivity contribution >= 4 is 38.9 Å². The van der Waals surface area contributed by atoms with E-state index in [1.54, 1.807) is 6.07 Å². The van der Waals surface area contributed by atoms with Crippen LogP contribution in [0.1, 0.15) is 27.5 Å². The molecule has 10 nitrogen and oxygen atoms in total. The van der Waals surface area contributed by atoms with E-state index in [0.717, 1.165) is 6.07 Å². The molecule has 40 heavy (non-hydrogen) atoms. The van der Waals surface area contributed by atoms with Crippen molar-refractivity contribution in [3.05, 3.63) is 69.7 Å². The summed E-state index contributed by atoms with van der Waals surface area (Å²) in [6.45, 7) is 3.03. The van der Waals surface area contributed by atoms with E-state index >= 15 is 0 Å². The van der Waals surface area contributed by atoms with Crippen LogP contribution in [0.25, 0.3) is 0 Å².